The smallest absolute Gasteiger partial charge is 0.147 e. The molecule has 20 heavy (non-hydrogen) atoms. The van der Waals surface area contributed by atoms with Gasteiger partial charge in [0.2, 0.25) is 0 Å². The zero-order chi connectivity index (χ0) is 13.7. The summed E-state index contributed by atoms with van der Waals surface area (Å²) in [6.07, 6.45) is 4.16. The first-order valence-electron chi connectivity index (χ1n) is 7.12. The van der Waals surface area contributed by atoms with Crippen molar-refractivity contribution in [2.75, 3.05) is 0 Å². The Bertz CT molecular complexity index is 657. The fraction of sp³-hybridized carbons (Fsp3) is 0.353. The van der Waals surface area contributed by atoms with Crippen LogP contribution in [0.15, 0.2) is 42.7 Å². The molecule has 0 saturated heterocycles. The van der Waals surface area contributed by atoms with Gasteiger partial charge in [0, 0.05) is 11.8 Å². The van der Waals surface area contributed by atoms with Crippen LogP contribution >= 0.6 is 0 Å². The molecule has 1 saturated carbocycles. The highest BCUT2D eigenvalue weighted by Gasteiger charge is 2.56. The number of hydrogen-bond acceptors (Lipinski definition) is 2. The van der Waals surface area contributed by atoms with Gasteiger partial charge in [-0.2, -0.15) is 0 Å². The highest BCUT2D eigenvalue weighted by atomic mass is 19.1. The normalized spacial score (nSPS) is 28.4. The minimum absolute atomic E-state index is 0.149. The number of aromatic nitrogens is 1. The Kier molecular flexibility index (Phi) is 2.64. The Morgan fingerprint density at radius 3 is 2.95 bits per heavy atom. The number of fused-ring (bicyclic) bond motifs is 3. The maximum Gasteiger partial charge on any atom is 0.147 e. The van der Waals surface area contributed by atoms with E-state index in [9.17, 15) is 9.50 Å². The lowest BCUT2D eigenvalue weighted by molar-refractivity contribution is 0.140. The first-order chi connectivity index (χ1) is 9.77. The molecule has 0 spiro atoms. The highest BCUT2D eigenvalue weighted by Crippen LogP contribution is 2.64. The van der Waals surface area contributed by atoms with Gasteiger partial charge < -0.3 is 5.11 Å². The largest absolute Gasteiger partial charge is 0.388 e. The van der Waals surface area contributed by atoms with Crippen molar-refractivity contribution in [1.29, 1.82) is 0 Å². The predicted molar refractivity (Wildman–Crippen MR) is 73.6 cm³/mol. The molecule has 2 aromatic rings. The van der Waals surface area contributed by atoms with E-state index >= 15 is 0 Å². The number of hydrogen-bond donors (Lipinski definition) is 1. The molecular formula is C17H16FNO. The van der Waals surface area contributed by atoms with Gasteiger partial charge in [0.25, 0.3) is 0 Å². The summed E-state index contributed by atoms with van der Waals surface area (Å²) >= 11 is 0. The van der Waals surface area contributed by atoms with Crippen molar-refractivity contribution in [3.8, 4) is 0 Å². The summed E-state index contributed by atoms with van der Waals surface area (Å²) in [6, 6.07) is 10.0. The summed E-state index contributed by atoms with van der Waals surface area (Å²) in [5.41, 5.74) is 3.12. The van der Waals surface area contributed by atoms with E-state index in [4.69, 9.17) is 0 Å². The maximum absolute atomic E-state index is 13.8. The van der Waals surface area contributed by atoms with E-state index in [1.807, 2.05) is 0 Å². The minimum atomic E-state index is -0.723. The van der Waals surface area contributed by atoms with Gasteiger partial charge in [0.15, 0.2) is 0 Å². The van der Waals surface area contributed by atoms with Crippen LogP contribution in [0.5, 0.6) is 0 Å². The van der Waals surface area contributed by atoms with Crippen molar-refractivity contribution in [2.24, 2.45) is 11.8 Å². The molecule has 4 rings (SSSR count). The molecule has 2 aliphatic rings. The third kappa shape index (κ3) is 1.70. The van der Waals surface area contributed by atoms with E-state index < -0.39 is 11.9 Å². The second-order valence-corrected chi connectivity index (χ2v) is 5.85. The van der Waals surface area contributed by atoms with Crippen molar-refractivity contribution in [3.63, 3.8) is 0 Å². The molecule has 2 nitrogen and oxygen atoms in total. The summed E-state index contributed by atoms with van der Waals surface area (Å²) in [7, 11) is 0. The fourth-order valence-corrected chi connectivity index (χ4v) is 3.88. The van der Waals surface area contributed by atoms with E-state index in [2.05, 4.69) is 29.2 Å². The van der Waals surface area contributed by atoms with Gasteiger partial charge in [-0.05, 0) is 47.8 Å². The van der Waals surface area contributed by atoms with E-state index in [1.54, 1.807) is 12.3 Å². The third-order valence-corrected chi connectivity index (χ3v) is 4.88. The zero-order valence-electron chi connectivity index (χ0n) is 11.0. The van der Waals surface area contributed by atoms with E-state index in [0.717, 1.165) is 12.8 Å². The number of aliphatic hydroxyl groups excluding tert-OH is 1. The van der Waals surface area contributed by atoms with Crippen LogP contribution in [0.1, 0.15) is 35.1 Å². The van der Waals surface area contributed by atoms with Crippen LogP contribution in [0.3, 0.4) is 0 Å². The Hall–Kier alpha value is -1.74. The molecule has 1 aromatic carbocycles. The predicted octanol–water partition coefficient (Wildman–Crippen LogP) is 3.23. The van der Waals surface area contributed by atoms with Gasteiger partial charge >= 0.3 is 0 Å². The van der Waals surface area contributed by atoms with Crippen molar-refractivity contribution in [1.82, 2.24) is 4.98 Å². The molecule has 102 valence electrons. The molecule has 3 heteroatoms. The molecule has 1 fully saturated rings. The van der Waals surface area contributed by atoms with Gasteiger partial charge in [0.1, 0.15) is 5.82 Å². The van der Waals surface area contributed by atoms with Gasteiger partial charge in [-0.15, -0.1) is 0 Å². The van der Waals surface area contributed by atoms with Crippen molar-refractivity contribution in [2.45, 2.75) is 24.9 Å². The lowest BCUT2D eigenvalue weighted by Crippen LogP contribution is -2.05. The average molecular weight is 269 g/mol. The monoisotopic (exact) mass is 269 g/mol. The highest BCUT2D eigenvalue weighted by molar-refractivity contribution is 5.40. The zero-order valence-corrected chi connectivity index (χ0v) is 11.0. The first kappa shape index (κ1) is 12.0. The topological polar surface area (TPSA) is 33.1 Å². The molecule has 1 aromatic heterocycles. The number of pyridine rings is 1. The summed E-state index contributed by atoms with van der Waals surface area (Å²) in [5.74, 6) is 0.627. The van der Waals surface area contributed by atoms with E-state index in [1.165, 1.54) is 17.3 Å². The number of aryl methyl sites for hydroxylation is 1. The molecule has 4 atom stereocenters. The molecule has 0 amide bonds. The quantitative estimate of drug-likeness (QED) is 0.908. The summed E-state index contributed by atoms with van der Waals surface area (Å²) in [4.78, 5) is 3.75. The molecule has 0 bridgehead atoms. The second kappa shape index (κ2) is 4.38. The minimum Gasteiger partial charge on any atom is -0.388 e. The van der Waals surface area contributed by atoms with Crippen LogP contribution < -0.4 is 0 Å². The van der Waals surface area contributed by atoms with Crippen LogP contribution in [0.4, 0.5) is 4.39 Å². The lowest BCUT2D eigenvalue weighted by Gasteiger charge is -2.13. The molecule has 1 heterocycles. The fourth-order valence-electron chi connectivity index (χ4n) is 3.88. The van der Waals surface area contributed by atoms with Gasteiger partial charge in [-0.3, -0.25) is 4.98 Å². The SMILES string of the molecule is OC(c1ccncc1F)C1C2CCc3ccccc3C21. The number of rotatable bonds is 2. The van der Waals surface area contributed by atoms with Crippen LogP contribution in [0.25, 0.3) is 0 Å². The summed E-state index contributed by atoms with van der Waals surface area (Å²) in [6.45, 7) is 0. The van der Waals surface area contributed by atoms with Crippen molar-refractivity contribution < 1.29 is 9.50 Å². The molecule has 1 N–H and O–H groups in total. The number of benzene rings is 1. The molecule has 4 unspecified atom stereocenters. The van der Waals surface area contributed by atoms with Crippen LogP contribution in [-0.4, -0.2) is 10.1 Å². The Morgan fingerprint density at radius 1 is 1.25 bits per heavy atom. The summed E-state index contributed by atoms with van der Waals surface area (Å²) in [5, 5.41) is 10.5. The molecule has 0 aliphatic heterocycles. The van der Waals surface area contributed by atoms with Crippen LogP contribution in [0, 0.1) is 17.7 Å². The van der Waals surface area contributed by atoms with Gasteiger partial charge in [0.05, 0.1) is 12.3 Å². The van der Waals surface area contributed by atoms with E-state index in [-0.39, 0.29) is 5.92 Å². The molecular weight excluding hydrogens is 253 g/mol. The second-order valence-electron chi connectivity index (χ2n) is 5.85. The van der Waals surface area contributed by atoms with Crippen LogP contribution in [0.2, 0.25) is 0 Å². The first-order valence-corrected chi connectivity index (χ1v) is 7.12. The number of halogens is 1. The van der Waals surface area contributed by atoms with Gasteiger partial charge in [-0.25, -0.2) is 4.39 Å². The maximum atomic E-state index is 13.8. The lowest BCUT2D eigenvalue weighted by atomic mass is 9.92. The Labute approximate surface area is 117 Å². The third-order valence-electron chi connectivity index (χ3n) is 4.88. The van der Waals surface area contributed by atoms with Gasteiger partial charge in [-0.1, -0.05) is 24.3 Å². The Morgan fingerprint density at radius 2 is 2.10 bits per heavy atom. The number of nitrogens with zero attached hydrogens (tertiary/aromatic N) is 1. The van der Waals surface area contributed by atoms with Crippen LogP contribution in [-0.2, 0) is 6.42 Å². The van der Waals surface area contributed by atoms with Crippen molar-refractivity contribution >= 4 is 0 Å². The van der Waals surface area contributed by atoms with E-state index in [0.29, 0.717) is 17.4 Å². The molecule has 0 radical (unpaired) electrons. The number of aliphatic hydroxyl groups is 1. The molecule has 2 aliphatic carbocycles. The summed E-state index contributed by atoms with van der Waals surface area (Å²) < 4.78 is 13.8. The Balaban J connectivity index is 1.66. The average Bonchev–Trinajstić information content (AvgIpc) is 3.22. The standard InChI is InChI=1S/C17H16FNO/c18-14-9-19-8-7-12(14)17(20)16-13-6-5-10-3-1-2-4-11(10)15(13)16/h1-4,7-9,13,15-17,20H,5-6H2. The van der Waals surface area contributed by atoms with Crippen molar-refractivity contribution in [3.05, 3.63) is 65.2 Å².